The molecule has 2 aromatic carbocycles. The molecule has 2 amide bonds. The Morgan fingerprint density at radius 1 is 1.03 bits per heavy atom. The third-order valence-electron chi connectivity index (χ3n) is 5.15. The monoisotopic (exact) mass is 452 g/mol. The lowest BCUT2D eigenvalue weighted by Crippen LogP contribution is -2.30. The Morgan fingerprint density at radius 2 is 1.76 bits per heavy atom. The zero-order chi connectivity index (χ0) is 24.0. The average molecular weight is 452 g/mol. The van der Waals surface area contributed by atoms with Crippen molar-refractivity contribution in [2.75, 3.05) is 26.1 Å². The average Bonchev–Trinajstić information content (AvgIpc) is 2.82. The van der Waals surface area contributed by atoms with Gasteiger partial charge in [-0.25, -0.2) is 4.79 Å². The summed E-state index contributed by atoms with van der Waals surface area (Å²) in [5.74, 6) is -0.687. The molecule has 0 aliphatic carbocycles. The van der Waals surface area contributed by atoms with Crippen molar-refractivity contribution in [3.05, 3.63) is 69.6 Å². The van der Waals surface area contributed by atoms with Crippen LogP contribution in [0.5, 0.6) is 5.75 Å². The molecule has 3 aromatic rings. The fourth-order valence-corrected chi connectivity index (χ4v) is 3.28. The number of fused-ring (bicyclic) bond motifs is 1. The van der Waals surface area contributed by atoms with Gasteiger partial charge >= 0.3 is 11.6 Å². The Hall–Kier alpha value is -4.14. The number of rotatable bonds is 8. The minimum Gasteiger partial charge on any atom is -0.497 e. The molecule has 1 heterocycles. The lowest BCUT2D eigenvalue weighted by Gasteiger charge is -2.10. The number of carbonyl (C=O) groups excluding carboxylic acids is 3. The van der Waals surface area contributed by atoms with Crippen molar-refractivity contribution in [1.82, 2.24) is 5.32 Å². The van der Waals surface area contributed by atoms with Gasteiger partial charge in [0.05, 0.1) is 14.2 Å². The highest BCUT2D eigenvalue weighted by Crippen LogP contribution is 2.24. The second-order valence-corrected chi connectivity index (χ2v) is 7.24. The van der Waals surface area contributed by atoms with Crippen LogP contribution in [0.1, 0.15) is 27.9 Å². The molecule has 2 N–H and O–H groups in total. The smallest absolute Gasteiger partial charge is 0.339 e. The molecule has 172 valence electrons. The van der Waals surface area contributed by atoms with Gasteiger partial charge in [-0.2, -0.15) is 0 Å². The number of hydrogen-bond donors (Lipinski definition) is 2. The second kappa shape index (κ2) is 10.4. The highest BCUT2D eigenvalue weighted by Gasteiger charge is 2.14. The molecule has 1 aromatic heterocycles. The first-order chi connectivity index (χ1) is 15.8. The molecule has 0 atom stereocenters. The van der Waals surface area contributed by atoms with E-state index in [-0.39, 0.29) is 25.3 Å². The van der Waals surface area contributed by atoms with Crippen LogP contribution in [-0.2, 0) is 20.7 Å². The van der Waals surface area contributed by atoms with Crippen LogP contribution in [0.3, 0.4) is 0 Å². The van der Waals surface area contributed by atoms with Crippen LogP contribution in [0.25, 0.3) is 11.0 Å². The Labute approximate surface area is 189 Å². The molecular weight excluding hydrogens is 428 g/mol. The summed E-state index contributed by atoms with van der Waals surface area (Å²) in [5.41, 5.74) is 1.99. The van der Waals surface area contributed by atoms with E-state index in [9.17, 15) is 19.2 Å². The quantitative estimate of drug-likeness (QED) is 0.398. The molecule has 0 radical (unpaired) electrons. The maximum atomic E-state index is 12.4. The van der Waals surface area contributed by atoms with Crippen LogP contribution in [0, 0.1) is 6.92 Å². The maximum absolute atomic E-state index is 12.4. The van der Waals surface area contributed by atoms with Crippen LogP contribution in [0.15, 0.2) is 51.7 Å². The lowest BCUT2D eigenvalue weighted by molar-refractivity contribution is -0.139. The van der Waals surface area contributed by atoms with Crippen LogP contribution in [0.2, 0.25) is 0 Å². The summed E-state index contributed by atoms with van der Waals surface area (Å²) in [6, 6.07) is 11.5. The fourth-order valence-electron chi connectivity index (χ4n) is 3.28. The van der Waals surface area contributed by atoms with E-state index in [1.54, 1.807) is 24.3 Å². The molecule has 9 heteroatoms. The van der Waals surface area contributed by atoms with Crippen molar-refractivity contribution >= 4 is 34.4 Å². The number of nitrogens with one attached hydrogen (secondary N) is 2. The topological polar surface area (TPSA) is 124 Å². The molecule has 9 nitrogen and oxygen atoms in total. The van der Waals surface area contributed by atoms with E-state index in [1.807, 2.05) is 13.0 Å². The standard InChI is InChI=1S/C24H24N2O7/c1-14-18-9-8-17(31-2)12-20(18)33-24(30)19(14)10-11-21(27)26-16-6-4-15(5-7-16)23(29)25-13-22(28)32-3/h4-9,12H,10-11,13H2,1-3H3,(H,25,29)(H,26,27). The van der Waals surface area contributed by atoms with Gasteiger partial charge in [-0.15, -0.1) is 0 Å². The number of benzene rings is 2. The van der Waals surface area contributed by atoms with E-state index in [2.05, 4.69) is 15.4 Å². The largest absolute Gasteiger partial charge is 0.497 e. The summed E-state index contributed by atoms with van der Waals surface area (Å²) in [6.07, 6.45) is 0.296. The van der Waals surface area contributed by atoms with Crippen LogP contribution < -0.4 is 21.0 Å². The first-order valence-corrected chi connectivity index (χ1v) is 10.2. The van der Waals surface area contributed by atoms with Gasteiger partial charge in [-0.05, 0) is 55.3 Å². The molecule has 0 saturated heterocycles. The second-order valence-electron chi connectivity index (χ2n) is 7.24. The molecular formula is C24H24N2O7. The van der Waals surface area contributed by atoms with Gasteiger partial charge in [0.15, 0.2) is 0 Å². The Balaban J connectivity index is 1.61. The van der Waals surface area contributed by atoms with Crippen molar-refractivity contribution in [1.29, 1.82) is 0 Å². The number of aryl methyl sites for hydroxylation is 1. The lowest BCUT2D eigenvalue weighted by atomic mass is 10.0. The predicted molar refractivity (Wildman–Crippen MR) is 122 cm³/mol. The Kier molecular flexibility index (Phi) is 7.45. The van der Waals surface area contributed by atoms with Crippen LogP contribution in [0.4, 0.5) is 5.69 Å². The highest BCUT2D eigenvalue weighted by molar-refractivity contribution is 5.97. The summed E-state index contributed by atoms with van der Waals surface area (Å²) < 4.78 is 15.0. The van der Waals surface area contributed by atoms with Gasteiger partial charge in [0.1, 0.15) is 17.9 Å². The normalized spacial score (nSPS) is 10.5. The number of hydrogen-bond acceptors (Lipinski definition) is 7. The maximum Gasteiger partial charge on any atom is 0.339 e. The van der Waals surface area contributed by atoms with E-state index in [1.165, 1.54) is 26.4 Å². The number of anilines is 1. The zero-order valence-electron chi connectivity index (χ0n) is 18.5. The molecule has 33 heavy (non-hydrogen) atoms. The zero-order valence-corrected chi connectivity index (χ0v) is 18.5. The molecule has 3 rings (SSSR count). The van der Waals surface area contributed by atoms with Crippen LogP contribution in [-0.4, -0.2) is 38.5 Å². The predicted octanol–water partition coefficient (Wildman–Crippen LogP) is 2.58. The van der Waals surface area contributed by atoms with E-state index in [4.69, 9.17) is 9.15 Å². The summed E-state index contributed by atoms with van der Waals surface area (Å²) in [7, 11) is 2.77. The number of carbonyl (C=O) groups is 3. The SMILES string of the molecule is COC(=O)CNC(=O)c1ccc(NC(=O)CCc2c(C)c3ccc(OC)cc3oc2=O)cc1. The summed E-state index contributed by atoms with van der Waals surface area (Å²) in [4.78, 5) is 47.9. The van der Waals surface area contributed by atoms with Crippen molar-refractivity contribution < 1.29 is 28.3 Å². The highest BCUT2D eigenvalue weighted by atomic mass is 16.5. The molecule has 0 saturated carbocycles. The first-order valence-electron chi connectivity index (χ1n) is 10.2. The molecule has 0 unspecified atom stereocenters. The first kappa shape index (κ1) is 23.5. The Morgan fingerprint density at radius 3 is 2.42 bits per heavy atom. The number of esters is 1. The van der Waals surface area contributed by atoms with Crippen LogP contribution >= 0.6 is 0 Å². The van der Waals surface area contributed by atoms with Crippen molar-refractivity contribution in [3.63, 3.8) is 0 Å². The number of ether oxygens (including phenoxy) is 2. The van der Waals surface area contributed by atoms with E-state index >= 15 is 0 Å². The third kappa shape index (κ3) is 5.76. The summed E-state index contributed by atoms with van der Waals surface area (Å²) >= 11 is 0. The molecule has 0 aliphatic heterocycles. The van der Waals surface area contributed by atoms with Gasteiger partial charge in [0.25, 0.3) is 5.91 Å². The van der Waals surface area contributed by atoms with Gasteiger partial charge in [0, 0.05) is 34.7 Å². The van der Waals surface area contributed by atoms with E-state index in [0.29, 0.717) is 28.1 Å². The summed E-state index contributed by atoms with van der Waals surface area (Å²) in [6.45, 7) is 1.59. The Bertz CT molecular complexity index is 1250. The minimum absolute atomic E-state index is 0.0780. The molecule has 0 aliphatic rings. The number of amides is 2. The van der Waals surface area contributed by atoms with E-state index in [0.717, 1.165) is 10.9 Å². The van der Waals surface area contributed by atoms with E-state index < -0.39 is 17.5 Å². The molecule has 0 fully saturated rings. The van der Waals surface area contributed by atoms with Gasteiger partial charge in [-0.1, -0.05) is 0 Å². The summed E-state index contributed by atoms with van der Waals surface area (Å²) in [5, 5.41) is 5.95. The van der Waals surface area contributed by atoms with Crippen molar-refractivity contribution in [3.8, 4) is 5.75 Å². The minimum atomic E-state index is -0.553. The van der Waals surface area contributed by atoms with Gasteiger partial charge in [0.2, 0.25) is 5.91 Å². The van der Waals surface area contributed by atoms with Gasteiger partial charge < -0.3 is 24.5 Å². The fraction of sp³-hybridized carbons (Fsp3) is 0.250. The third-order valence-corrected chi connectivity index (χ3v) is 5.15. The molecule has 0 bridgehead atoms. The number of methoxy groups -OCH3 is 2. The molecule has 0 spiro atoms. The van der Waals surface area contributed by atoms with Gasteiger partial charge in [-0.3, -0.25) is 14.4 Å². The van der Waals surface area contributed by atoms with Crippen molar-refractivity contribution in [2.45, 2.75) is 19.8 Å². The van der Waals surface area contributed by atoms with Crippen molar-refractivity contribution in [2.24, 2.45) is 0 Å².